The zero-order chi connectivity index (χ0) is 18.1. The fourth-order valence-electron chi connectivity index (χ4n) is 3.57. The van der Waals surface area contributed by atoms with Gasteiger partial charge in [-0.1, -0.05) is 24.3 Å². The van der Waals surface area contributed by atoms with Crippen LogP contribution in [0.3, 0.4) is 0 Å². The van der Waals surface area contributed by atoms with Gasteiger partial charge in [0.05, 0.1) is 5.57 Å². The first-order chi connectivity index (χ1) is 12.6. The Kier molecular flexibility index (Phi) is 4.37. The van der Waals surface area contributed by atoms with Crippen molar-refractivity contribution < 1.29 is 9.53 Å². The summed E-state index contributed by atoms with van der Waals surface area (Å²) >= 11 is 0. The Labute approximate surface area is 154 Å². The highest BCUT2D eigenvalue weighted by Gasteiger charge is 2.23. The number of benzene rings is 2. The highest BCUT2D eigenvalue weighted by atomic mass is 16.5. The summed E-state index contributed by atoms with van der Waals surface area (Å²) in [5.41, 5.74) is 6.53. The predicted molar refractivity (Wildman–Crippen MR) is 106 cm³/mol. The Hall–Kier alpha value is -2.81. The molecule has 4 rings (SSSR count). The van der Waals surface area contributed by atoms with Crippen molar-refractivity contribution >= 4 is 23.5 Å². The molecule has 0 saturated carbocycles. The molecule has 26 heavy (non-hydrogen) atoms. The van der Waals surface area contributed by atoms with E-state index >= 15 is 0 Å². The molecule has 0 saturated heterocycles. The van der Waals surface area contributed by atoms with Gasteiger partial charge in [0.2, 0.25) is 0 Å². The maximum Gasteiger partial charge on any atom is 0.343 e. The lowest BCUT2D eigenvalue weighted by molar-refractivity contribution is -0.130. The minimum absolute atomic E-state index is 0.283. The summed E-state index contributed by atoms with van der Waals surface area (Å²) in [6.45, 7) is 0. The number of hydrogen-bond donors (Lipinski definition) is 0. The Balaban J connectivity index is 1.61. The standard InChI is InChI=1S/C23H23NO2/c1-24(2)21-11-7-16(8-12-21)13-20-15-22(26-23(20)25)19-10-9-17-5-3-4-6-18(17)14-19/h7-15H,3-6H2,1-2H3/b20-13-. The molecule has 0 atom stereocenters. The van der Waals surface area contributed by atoms with E-state index in [0.717, 1.165) is 29.7 Å². The number of nitrogens with zero attached hydrogens (tertiary/aromatic N) is 1. The molecule has 0 fully saturated rings. The van der Waals surface area contributed by atoms with Gasteiger partial charge in [-0.3, -0.25) is 0 Å². The molecule has 132 valence electrons. The number of ether oxygens (including phenoxy) is 1. The van der Waals surface area contributed by atoms with Gasteiger partial charge in [-0.15, -0.1) is 0 Å². The lowest BCUT2D eigenvalue weighted by atomic mass is 9.90. The van der Waals surface area contributed by atoms with Crippen LogP contribution in [0.25, 0.3) is 11.8 Å². The van der Waals surface area contributed by atoms with Gasteiger partial charge in [-0.2, -0.15) is 0 Å². The van der Waals surface area contributed by atoms with Crippen LogP contribution in [-0.2, 0) is 22.4 Å². The van der Waals surface area contributed by atoms with Crippen molar-refractivity contribution in [3.63, 3.8) is 0 Å². The second-order valence-electron chi connectivity index (χ2n) is 7.17. The van der Waals surface area contributed by atoms with Crippen molar-refractivity contribution in [2.45, 2.75) is 25.7 Å². The summed E-state index contributed by atoms with van der Waals surface area (Å²) in [7, 11) is 4.02. The maximum atomic E-state index is 12.3. The molecular formula is C23H23NO2. The van der Waals surface area contributed by atoms with Gasteiger partial charge < -0.3 is 9.64 Å². The van der Waals surface area contributed by atoms with Crippen LogP contribution < -0.4 is 4.90 Å². The molecule has 0 bridgehead atoms. The Morgan fingerprint density at radius 2 is 1.69 bits per heavy atom. The summed E-state index contributed by atoms with van der Waals surface area (Å²) in [4.78, 5) is 14.3. The van der Waals surface area contributed by atoms with E-state index in [1.165, 1.54) is 24.0 Å². The van der Waals surface area contributed by atoms with Crippen LogP contribution in [0.4, 0.5) is 5.69 Å². The van der Waals surface area contributed by atoms with Crippen molar-refractivity contribution in [3.05, 3.63) is 76.4 Å². The molecule has 0 radical (unpaired) electrons. The number of cyclic esters (lactones) is 1. The van der Waals surface area contributed by atoms with Gasteiger partial charge in [-0.25, -0.2) is 4.79 Å². The van der Waals surface area contributed by atoms with Gasteiger partial charge in [0.1, 0.15) is 5.76 Å². The molecule has 2 aromatic rings. The van der Waals surface area contributed by atoms with Gasteiger partial charge >= 0.3 is 5.97 Å². The molecule has 0 N–H and O–H groups in total. The number of aryl methyl sites for hydroxylation is 2. The van der Waals surface area contributed by atoms with E-state index in [1.807, 2.05) is 50.5 Å². The molecule has 1 heterocycles. The third-order valence-electron chi connectivity index (χ3n) is 5.09. The van der Waals surface area contributed by atoms with Crippen LogP contribution in [0.15, 0.2) is 54.1 Å². The second-order valence-corrected chi connectivity index (χ2v) is 7.17. The predicted octanol–water partition coefficient (Wildman–Crippen LogP) is 4.61. The van der Waals surface area contributed by atoms with E-state index in [1.54, 1.807) is 0 Å². The highest BCUT2D eigenvalue weighted by molar-refractivity contribution is 6.05. The molecule has 3 heteroatoms. The molecule has 0 amide bonds. The van der Waals surface area contributed by atoms with Crippen molar-refractivity contribution in [1.29, 1.82) is 0 Å². The number of fused-ring (bicyclic) bond motifs is 1. The molecule has 1 aliphatic carbocycles. The zero-order valence-corrected chi connectivity index (χ0v) is 15.3. The third-order valence-corrected chi connectivity index (χ3v) is 5.09. The molecule has 1 aliphatic heterocycles. The van der Waals surface area contributed by atoms with Crippen LogP contribution in [0, 0.1) is 0 Å². The quantitative estimate of drug-likeness (QED) is 0.601. The fourth-order valence-corrected chi connectivity index (χ4v) is 3.57. The fraction of sp³-hybridized carbons (Fsp3) is 0.261. The topological polar surface area (TPSA) is 29.5 Å². The number of rotatable bonds is 3. The number of anilines is 1. The average molecular weight is 345 g/mol. The zero-order valence-electron chi connectivity index (χ0n) is 15.3. The summed E-state index contributed by atoms with van der Waals surface area (Å²) in [6.07, 6.45) is 8.51. The van der Waals surface area contributed by atoms with Crippen molar-refractivity contribution in [3.8, 4) is 0 Å². The van der Waals surface area contributed by atoms with E-state index in [2.05, 4.69) is 23.1 Å². The smallest absolute Gasteiger partial charge is 0.343 e. The summed E-state index contributed by atoms with van der Waals surface area (Å²) in [6, 6.07) is 14.5. The number of hydrogen-bond acceptors (Lipinski definition) is 3. The highest BCUT2D eigenvalue weighted by Crippen LogP contribution is 2.31. The van der Waals surface area contributed by atoms with E-state index < -0.39 is 0 Å². The lowest BCUT2D eigenvalue weighted by Gasteiger charge is -2.16. The van der Waals surface area contributed by atoms with Gasteiger partial charge in [-0.05, 0) is 72.7 Å². The Bertz CT molecular complexity index is 904. The first-order valence-electron chi connectivity index (χ1n) is 9.15. The molecule has 0 aromatic heterocycles. The first kappa shape index (κ1) is 16.6. The lowest BCUT2D eigenvalue weighted by Crippen LogP contribution is -2.07. The van der Waals surface area contributed by atoms with Crippen molar-refractivity contribution in [2.75, 3.05) is 19.0 Å². The monoisotopic (exact) mass is 345 g/mol. The third kappa shape index (κ3) is 3.30. The van der Waals surface area contributed by atoms with Crippen LogP contribution in [-0.4, -0.2) is 20.1 Å². The molecule has 0 spiro atoms. The minimum atomic E-state index is -0.283. The normalized spacial score (nSPS) is 17.7. The maximum absolute atomic E-state index is 12.3. The van der Waals surface area contributed by atoms with Crippen molar-refractivity contribution in [1.82, 2.24) is 0 Å². The largest absolute Gasteiger partial charge is 0.422 e. The van der Waals surface area contributed by atoms with E-state index in [0.29, 0.717) is 11.3 Å². The van der Waals surface area contributed by atoms with Crippen LogP contribution in [0.1, 0.15) is 35.1 Å². The molecule has 2 aliphatic rings. The van der Waals surface area contributed by atoms with E-state index in [-0.39, 0.29) is 5.97 Å². The Morgan fingerprint density at radius 1 is 0.962 bits per heavy atom. The van der Waals surface area contributed by atoms with Gasteiger partial charge in [0, 0.05) is 25.3 Å². The molecule has 2 aromatic carbocycles. The van der Waals surface area contributed by atoms with Crippen LogP contribution >= 0.6 is 0 Å². The van der Waals surface area contributed by atoms with E-state index in [4.69, 9.17) is 4.74 Å². The summed E-state index contributed by atoms with van der Waals surface area (Å²) in [5, 5.41) is 0. The Morgan fingerprint density at radius 3 is 2.42 bits per heavy atom. The van der Waals surface area contributed by atoms with Crippen molar-refractivity contribution in [2.24, 2.45) is 0 Å². The van der Waals surface area contributed by atoms with Gasteiger partial charge in [0.25, 0.3) is 0 Å². The number of carbonyl (C=O) groups is 1. The minimum Gasteiger partial charge on any atom is -0.422 e. The van der Waals surface area contributed by atoms with Gasteiger partial charge in [0.15, 0.2) is 0 Å². The first-order valence-corrected chi connectivity index (χ1v) is 9.15. The second kappa shape index (κ2) is 6.83. The number of carbonyl (C=O) groups excluding carboxylic acids is 1. The molecule has 3 nitrogen and oxygen atoms in total. The molecular weight excluding hydrogens is 322 g/mol. The van der Waals surface area contributed by atoms with E-state index in [9.17, 15) is 4.79 Å². The molecule has 0 unspecified atom stereocenters. The van der Waals surface area contributed by atoms with Crippen LogP contribution in [0.5, 0.6) is 0 Å². The summed E-state index contributed by atoms with van der Waals surface area (Å²) < 4.78 is 5.53. The number of esters is 1. The SMILES string of the molecule is CN(C)c1ccc(/C=C2/C=C(c3ccc4c(c3)CCCC4)OC2=O)cc1. The average Bonchev–Trinajstić information content (AvgIpc) is 3.02. The van der Waals surface area contributed by atoms with Crippen LogP contribution in [0.2, 0.25) is 0 Å². The summed E-state index contributed by atoms with van der Waals surface area (Å²) in [5.74, 6) is 0.369.